The van der Waals surface area contributed by atoms with Gasteiger partial charge in [-0.3, -0.25) is 4.79 Å². The number of rotatable bonds is 6. The molecule has 0 aliphatic rings. The number of fused-ring (bicyclic) bond motifs is 1. The number of aryl methyl sites for hydroxylation is 2. The molecule has 0 unspecified atom stereocenters. The molecule has 0 radical (unpaired) electrons. The molecule has 4 aromatic rings. The van der Waals surface area contributed by atoms with Crippen LogP contribution in [0.25, 0.3) is 16.7 Å². The van der Waals surface area contributed by atoms with Gasteiger partial charge in [0.05, 0.1) is 12.7 Å². The Morgan fingerprint density at radius 3 is 2.39 bits per heavy atom. The molecule has 4 rings (SSSR count). The molecule has 2 aromatic heterocycles. The number of hydrogen-bond donors (Lipinski definition) is 0. The number of Topliss-reactive ketones (excluding diaryl/α,β-unsaturated/α-hetero) is 1. The Labute approximate surface area is 190 Å². The van der Waals surface area contributed by atoms with Crippen LogP contribution in [0.5, 0.6) is 5.75 Å². The van der Waals surface area contributed by atoms with E-state index in [0.29, 0.717) is 22.5 Å². The summed E-state index contributed by atoms with van der Waals surface area (Å²) < 4.78 is 17.6. The van der Waals surface area contributed by atoms with Gasteiger partial charge < -0.3 is 18.5 Å². The summed E-state index contributed by atoms with van der Waals surface area (Å²) in [6.45, 7) is 5.45. The van der Waals surface area contributed by atoms with Gasteiger partial charge in [0.25, 0.3) is 0 Å². The highest BCUT2D eigenvalue weighted by Gasteiger charge is 2.18. The summed E-state index contributed by atoms with van der Waals surface area (Å²) in [6.07, 6.45) is 0. The van der Waals surface area contributed by atoms with Crippen molar-refractivity contribution in [2.24, 2.45) is 0 Å². The van der Waals surface area contributed by atoms with Gasteiger partial charge in [-0.1, -0.05) is 0 Å². The highest BCUT2D eigenvalue weighted by Crippen LogP contribution is 2.24. The number of benzene rings is 2. The van der Waals surface area contributed by atoms with Crippen LogP contribution < -0.4 is 10.4 Å². The molecule has 0 spiro atoms. The highest BCUT2D eigenvalue weighted by molar-refractivity contribution is 5.99. The van der Waals surface area contributed by atoms with Gasteiger partial charge >= 0.3 is 11.6 Å². The van der Waals surface area contributed by atoms with Gasteiger partial charge in [0.2, 0.25) is 5.78 Å². The number of aromatic nitrogens is 1. The SMILES string of the molecule is COC(=O)c1ccc(-n2c(C)cc(C(=O)COc3ccc4c(C)cc(=O)oc4c3)c2C)cc1. The van der Waals surface area contributed by atoms with E-state index in [1.165, 1.54) is 13.2 Å². The quantitative estimate of drug-likeness (QED) is 0.246. The second-order valence-corrected chi connectivity index (χ2v) is 7.78. The molecule has 2 heterocycles. The Bertz CT molecular complexity index is 1430. The summed E-state index contributed by atoms with van der Waals surface area (Å²) in [5.74, 6) is -0.137. The third-order valence-electron chi connectivity index (χ3n) is 5.57. The largest absolute Gasteiger partial charge is 0.485 e. The van der Waals surface area contributed by atoms with Gasteiger partial charge in [0.1, 0.15) is 11.3 Å². The van der Waals surface area contributed by atoms with E-state index in [2.05, 4.69) is 0 Å². The van der Waals surface area contributed by atoms with Crippen molar-refractivity contribution in [3.05, 3.63) is 93.1 Å². The van der Waals surface area contributed by atoms with E-state index in [1.54, 1.807) is 30.3 Å². The topological polar surface area (TPSA) is 87.7 Å². The zero-order valence-electron chi connectivity index (χ0n) is 18.8. The number of carbonyl (C=O) groups is 2. The predicted octanol–water partition coefficient (Wildman–Crippen LogP) is 4.56. The fourth-order valence-corrected chi connectivity index (χ4v) is 3.93. The number of carbonyl (C=O) groups excluding carboxylic acids is 2. The third kappa shape index (κ3) is 4.30. The molecule has 2 aromatic carbocycles. The van der Waals surface area contributed by atoms with Gasteiger partial charge in [-0.15, -0.1) is 0 Å². The Morgan fingerprint density at radius 1 is 0.970 bits per heavy atom. The maximum Gasteiger partial charge on any atom is 0.337 e. The van der Waals surface area contributed by atoms with Crippen molar-refractivity contribution in [3.63, 3.8) is 0 Å². The van der Waals surface area contributed by atoms with E-state index in [4.69, 9.17) is 13.9 Å². The lowest BCUT2D eigenvalue weighted by Crippen LogP contribution is -2.13. The van der Waals surface area contributed by atoms with Crippen LogP contribution in [-0.4, -0.2) is 30.0 Å². The summed E-state index contributed by atoms with van der Waals surface area (Å²) in [7, 11) is 1.34. The summed E-state index contributed by atoms with van der Waals surface area (Å²) in [5, 5.41) is 0.815. The number of ether oxygens (including phenoxy) is 2. The first-order valence-corrected chi connectivity index (χ1v) is 10.4. The monoisotopic (exact) mass is 445 g/mol. The predicted molar refractivity (Wildman–Crippen MR) is 124 cm³/mol. The van der Waals surface area contributed by atoms with Crippen molar-refractivity contribution in [2.45, 2.75) is 20.8 Å². The summed E-state index contributed by atoms with van der Waals surface area (Å²) in [5.41, 5.74) is 4.28. The molecular formula is C26H23NO6. The fourth-order valence-electron chi connectivity index (χ4n) is 3.93. The second-order valence-electron chi connectivity index (χ2n) is 7.78. The number of hydrogen-bond acceptors (Lipinski definition) is 6. The second kappa shape index (κ2) is 8.78. The van der Waals surface area contributed by atoms with Crippen molar-refractivity contribution < 1.29 is 23.5 Å². The molecule has 0 amide bonds. The summed E-state index contributed by atoms with van der Waals surface area (Å²) in [4.78, 5) is 36.2. The molecule has 0 atom stereocenters. The normalized spacial score (nSPS) is 10.9. The molecular weight excluding hydrogens is 422 g/mol. The number of ketones is 1. The van der Waals surface area contributed by atoms with Gasteiger partial charge in [-0.25, -0.2) is 9.59 Å². The number of esters is 1. The zero-order valence-corrected chi connectivity index (χ0v) is 18.8. The van der Waals surface area contributed by atoms with Gasteiger partial charge in [0.15, 0.2) is 6.61 Å². The molecule has 168 valence electrons. The summed E-state index contributed by atoms with van der Waals surface area (Å²) >= 11 is 0. The van der Waals surface area contributed by atoms with Gasteiger partial charge in [-0.05, 0) is 68.8 Å². The molecule has 0 fully saturated rings. The molecule has 0 aliphatic heterocycles. The number of nitrogens with zero attached hydrogens (tertiary/aromatic N) is 1. The molecule has 0 bridgehead atoms. The summed E-state index contributed by atoms with van der Waals surface area (Å²) in [6, 6.07) is 15.4. The average Bonchev–Trinajstić information content (AvgIpc) is 3.10. The van der Waals surface area contributed by atoms with Crippen LogP contribution in [-0.2, 0) is 4.74 Å². The first-order valence-electron chi connectivity index (χ1n) is 10.4. The molecule has 7 heteroatoms. The average molecular weight is 445 g/mol. The van der Waals surface area contributed by atoms with Crippen molar-refractivity contribution in [1.82, 2.24) is 4.57 Å². The molecule has 7 nitrogen and oxygen atoms in total. The lowest BCUT2D eigenvalue weighted by atomic mass is 10.1. The highest BCUT2D eigenvalue weighted by atomic mass is 16.5. The minimum absolute atomic E-state index is 0.160. The van der Waals surface area contributed by atoms with Crippen LogP contribution in [0.1, 0.15) is 37.7 Å². The standard InChI is InChI=1S/C26H23NO6/c1-15-11-25(29)33-24-13-20(9-10-21(15)24)32-14-23(28)22-12-16(2)27(17(22)3)19-7-5-18(6-8-19)26(30)31-4/h5-13H,14H2,1-4H3. The molecule has 0 N–H and O–H groups in total. The van der Waals surface area contributed by atoms with Crippen molar-refractivity contribution in [1.29, 1.82) is 0 Å². The zero-order chi connectivity index (χ0) is 23.7. The minimum Gasteiger partial charge on any atom is -0.485 e. The van der Waals surface area contributed by atoms with Crippen molar-refractivity contribution in [3.8, 4) is 11.4 Å². The van der Waals surface area contributed by atoms with Crippen LogP contribution in [0.3, 0.4) is 0 Å². The van der Waals surface area contributed by atoms with E-state index >= 15 is 0 Å². The Balaban J connectivity index is 1.54. The van der Waals surface area contributed by atoms with E-state index in [1.807, 2.05) is 43.5 Å². The van der Waals surface area contributed by atoms with Crippen LogP contribution >= 0.6 is 0 Å². The molecule has 0 saturated carbocycles. The molecule has 0 saturated heterocycles. The fraction of sp³-hybridized carbons (Fsp3) is 0.192. The lowest BCUT2D eigenvalue weighted by molar-refractivity contribution is 0.0600. The van der Waals surface area contributed by atoms with E-state index in [0.717, 1.165) is 28.0 Å². The van der Waals surface area contributed by atoms with Crippen molar-refractivity contribution in [2.75, 3.05) is 13.7 Å². The first-order chi connectivity index (χ1) is 15.8. The maximum absolute atomic E-state index is 12.9. The van der Waals surface area contributed by atoms with Crippen LogP contribution in [0, 0.1) is 20.8 Å². The lowest BCUT2D eigenvalue weighted by Gasteiger charge is -2.11. The van der Waals surface area contributed by atoms with E-state index in [9.17, 15) is 14.4 Å². The molecule has 0 aliphatic carbocycles. The number of methoxy groups -OCH3 is 1. The van der Waals surface area contributed by atoms with Crippen LogP contribution in [0.4, 0.5) is 0 Å². The van der Waals surface area contributed by atoms with Crippen LogP contribution in [0.15, 0.2) is 63.8 Å². The van der Waals surface area contributed by atoms with E-state index in [-0.39, 0.29) is 12.4 Å². The third-order valence-corrected chi connectivity index (χ3v) is 5.57. The van der Waals surface area contributed by atoms with E-state index < -0.39 is 11.6 Å². The maximum atomic E-state index is 12.9. The van der Waals surface area contributed by atoms with Gasteiger partial charge in [-0.2, -0.15) is 0 Å². The van der Waals surface area contributed by atoms with Crippen molar-refractivity contribution >= 4 is 22.7 Å². The smallest absolute Gasteiger partial charge is 0.337 e. The Morgan fingerprint density at radius 2 is 1.70 bits per heavy atom. The van der Waals surface area contributed by atoms with Crippen LogP contribution in [0.2, 0.25) is 0 Å². The Kier molecular flexibility index (Phi) is 5.87. The first kappa shape index (κ1) is 22.1. The van der Waals surface area contributed by atoms with Gasteiger partial charge in [0, 0.05) is 40.2 Å². The minimum atomic E-state index is -0.430. The Hall–Kier alpha value is -4.13. The molecule has 33 heavy (non-hydrogen) atoms.